The second-order valence-electron chi connectivity index (χ2n) is 5.52. The van der Waals surface area contributed by atoms with E-state index in [0.29, 0.717) is 11.7 Å². The minimum atomic E-state index is -0.0530. The third-order valence-electron chi connectivity index (χ3n) is 3.88. The van der Waals surface area contributed by atoms with Crippen molar-refractivity contribution in [1.29, 1.82) is 0 Å². The summed E-state index contributed by atoms with van der Waals surface area (Å²) < 4.78 is 0. The van der Waals surface area contributed by atoms with Crippen LogP contribution in [0.2, 0.25) is 0 Å². The third-order valence-corrected chi connectivity index (χ3v) is 5.02. The van der Waals surface area contributed by atoms with E-state index >= 15 is 0 Å². The van der Waals surface area contributed by atoms with Crippen molar-refractivity contribution in [2.75, 3.05) is 18.1 Å². The van der Waals surface area contributed by atoms with Gasteiger partial charge in [-0.1, -0.05) is 13.0 Å². The van der Waals surface area contributed by atoms with E-state index in [2.05, 4.69) is 28.8 Å². The van der Waals surface area contributed by atoms with E-state index < -0.39 is 0 Å². The lowest BCUT2D eigenvalue weighted by Crippen LogP contribution is -2.38. The first-order valence-electron chi connectivity index (χ1n) is 7.77. The monoisotopic (exact) mass is 307 g/mol. The van der Waals surface area contributed by atoms with Crippen LogP contribution in [-0.4, -0.2) is 35.0 Å². The van der Waals surface area contributed by atoms with Gasteiger partial charge in [-0.25, -0.2) is 4.98 Å². The van der Waals surface area contributed by atoms with Crippen LogP contribution in [0.15, 0.2) is 18.2 Å². The number of pyridine rings is 1. The topological polar surface area (TPSA) is 54.0 Å². The second kappa shape index (κ2) is 8.27. The van der Waals surface area contributed by atoms with E-state index in [4.69, 9.17) is 0 Å². The van der Waals surface area contributed by atoms with E-state index in [1.54, 1.807) is 6.07 Å². The van der Waals surface area contributed by atoms with Gasteiger partial charge < -0.3 is 10.6 Å². The van der Waals surface area contributed by atoms with E-state index in [0.717, 1.165) is 36.9 Å². The van der Waals surface area contributed by atoms with Crippen molar-refractivity contribution < 1.29 is 4.79 Å². The van der Waals surface area contributed by atoms with Crippen molar-refractivity contribution in [1.82, 2.24) is 10.3 Å². The molecule has 0 unspecified atom stereocenters. The first kappa shape index (κ1) is 16.1. The lowest BCUT2D eigenvalue weighted by molar-refractivity contribution is 0.0923. The Morgan fingerprint density at radius 3 is 2.76 bits per heavy atom. The van der Waals surface area contributed by atoms with Crippen LogP contribution in [0.1, 0.15) is 49.5 Å². The number of aromatic nitrogens is 1. The SMILES string of the molecule is CCCNc1cccc(C(=O)NC2CCC(SC)CC2)n1. The van der Waals surface area contributed by atoms with Crippen LogP contribution in [0, 0.1) is 0 Å². The Morgan fingerprint density at radius 2 is 2.10 bits per heavy atom. The zero-order chi connectivity index (χ0) is 15.1. The molecule has 21 heavy (non-hydrogen) atoms. The van der Waals surface area contributed by atoms with E-state index in [-0.39, 0.29) is 5.91 Å². The predicted octanol–water partition coefficient (Wildman–Crippen LogP) is 3.31. The smallest absolute Gasteiger partial charge is 0.270 e. The van der Waals surface area contributed by atoms with Crippen molar-refractivity contribution in [3.63, 3.8) is 0 Å². The van der Waals surface area contributed by atoms with Crippen molar-refractivity contribution in [2.24, 2.45) is 0 Å². The van der Waals surface area contributed by atoms with Gasteiger partial charge in [0.15, 0.2) is 0 Å². The van der Waals surface area contributed by atoms with Crippen molar-refractivity contribution >= 4 is 23.5 Å². The zero-order valence-corrected chi connectivity index (χ0v) is 13.7. The molecule has 2 rings (SSSR count). The number of hydrogen-bond acceptors (Lipinski definition) is 4. The van der Waals surface area contributed by atoms with Crippen LogP contribution < -0.4 is 10.6 Å². The van der Waals surface area contributed by atoms with Crippen molar-refractivity contribution in [3.05, 3.63) is 23.9 Å². The van der Waals surface area contributed by atoms with E-state index in [1.165, 1.54) is 12.8 Å². The number of carbonyl (C=O) groups excluding carboxylic acids is 1. The summed E-state index contributed by atoms with van der Waals surface area (Å²) in [4.78, 5) is 16.7. The zero-order valence-electron chi connectivity index (χ0n) is 12.9. The van der Waals surface area contributed by atoms with Gasteiger partial charge in [-0.3, -0.25) is 4.79 Å². The summed E-state index contributed by atoms with van der Waals surface area (Å²) in [7, 11) is 0. The summed E-state index contributed by atoms with van der Waals surface area (Å²) in [5, 5.41) is 7.10. The molecule has 2 N–H and O–H groups in total. The van der Waals surface area contributed by atoms with Crippen LogP contribution in [0.3, 0.4) is 0 Å². The van der Waals surface area contributed by atoms with Crippen molar-refractivity contribution in [3.8, 4) is 0 Å². The van der Waals surface area contributed by atoms with Gasteiger partial charge in [-0.05, 0) is 50.5 Å². The summed E-state index contributed by atoms with van der Waals surface area (Å²) in [6.45, 7) is 2.98. The number of anilines is 1. The van der Waals surface area contributed by atoms with Crippen LogP contribution in [0.5, 0.6) is 0 Å². The first-order valence-corrected chi connectivity index (χ1v) is 9.06. The number of nitrogens with one attached hydrogen (secondary N) is 2. The average Bonchev–Trinajstić information content (AvgIpc) is 2.54. The van der Waals surface area contributed by atoms with Gasteiger partial charge in [-0.2, -0.15) is 11.8 Å². The molecule has 1 aromatic rings. The molecular weight excluding hydrogens is 282 g/mol. The molecule has 1 saturated carbocycles. The molecule has 4 nitrogen and oxygen atoms in total. The molecule has 0 spiro atoms. The molecule has 116 valence electrons. The predicted molar refractivity (Wildman–Crippen MR) is 90.0 cm³/mol. The van der Waals surface area contributed by atoms with Crippen molar-refractivity contribution in [2.45, 2.75) is 50.3 Å². The summed E-state index contributed by atoms with van der Waals surface area (Å²) in [6.07, 6.45) is 7.74. The minimum absolute atomic E-state index is 0.0530. The average molecular weight is 307 g/mol. The normalized spacial score (nSPS) is 21.8. The lowest BCUT2D eigenvalue weighted by atomic mass is 9.95. The van der Waals surface area contributed by atoms with Gasteiger partial charge in [0.05, 0.1) is 0 Å². The number of thioether (sulfide) groups is 1. The Kier molecular flexibility index (Phi) is 6.36. The minimum Gasteiger partial charge on any atom is -0.370 e. The van der Waals surface area contributed by atoms with Crippen LogP contribution in [0.25, 0.3) is 0 Å². The number of rotatable bonds is 6. The fourth-order valence-electron chi connectivity index (χ4n) is 2.61. The summed E-state index contributed by atoms with van der Waals surface area (Å²) in [5.41, 5.74) is 0.503. The summed E-state index contributed by atoms with van der Waals surface area (Å²) in [6, 6.07) is 5.86. The number of carbonyl (C=O) groups is 1. The molecule has 1 heterocycles. The van der Waals surface area contributed by atoms with Crippen LogP contribution in [-0.2, 0) is 0 Å². The number of amides is 1. The fraction of sp³-hybridized carbons (Fsp3) is 0.625. The lowest BCUT2D eigenvalue weighted by Gasteiger charge is -2.27. The molecule has 0 radical (unpaired) electrons. The molecule has 5 heteroatoms. The fourth-order valence-corrected chi connectivity index (χ4v) is 3.36. The van der Waals surface area contributed by atoms with Gasteiger partial charge in [-0.15, -0.1) is 0 Å². The van der Waals surface area contributed by atoms with E-state index in [1.807, 2.05) is 23.9 Å². The summed E-state index contributed by atoms with van der Waals surface area (Å²) >= 11 is 1.94. The van der Waals surface area contributed by atoms with Crippen LogP contribution in [0.4, 0.5) is 5.82 Å². The Morgan fingerprint density at radius 1 is 1.33 bits per heavy atom. The van der Waals surface area contributed by atoms with E-state index in [9.17, 15) is 4.79 Å². The first-order chi connectivity index (χ1) is 10.2. The highest BCUT2D eigenvalue weighted by Gasteiger charge is 2.22. The molecule has 1 aromatic heterocycles. The Balaban J connectivity index is 1.88. The van der Waals surface area contributed by atoms with Gasteiger partial charge in [0.1, 0.15) is 11.5 Å². The maximum Gasteiger partial charge on any atom is 0.270 e. The Labute approximate surface area is 131 Å². The third kappa shape index (κ3) is 4.92. The molecule has 0 saturated heterocycles. The highest BCUT2D eigenvalue weighted by molar-refractivity contribution is 7.99. The van der Waals surface area contributed by atoms with Gasteiger partial charge in [0.2, 0.25) is 0 Å². The largest absolute Gasteiger partial charge is 0.370 e. The second-order valence-corrected chi connectivity index (χ2v) is 6.66. The molecule has 0 aromatic carbocycles. The summed E-state index contributed by atoms with van der Waals surface area (Å²) in [5.74, 6) is 0.721. The highest BCUT2D eigenvalue weighted by atomic mass is 32.2. The Bertz CT molecular complexity index is 459. The van der Waals surface area contributed by atoms with Crippen LogP contribution >= 0.6 is 11.8 Å². The molecule has 1 aliphatic rings. The molecule has 1 fully saturated rings. The maximum absolute atomic E-state index is 12.3. The molecule has 1 amide bonds. The number of hydrogen-bond donors (Lipinski definition) is 2. The molecular formula is C16H25N3OS. The molecule has 0 aliphatic heterocycles. The molecule has 1 aliphatic carbocycles. The Hall–Kier alpha value is -1.23. The standard InChI is InChI=1S/C16H25N3OS/c1-3-11-17-15-6-4-5-14(19-15)16(20)18-12-7-9-13(21-2)10-8-12/h4-6,12-13H,3,7-11H2,1-2H3,(H,17,19)(H,18,20). The van der Waals surface area contributed by atoms with Gasteiger partial charge in [0.25, 0.3) is 5.91 Å². The maximum atomic E-state index is 12.3. The van der Waals surface area contributed by atoms with Gasteiger partial charge >= 0.3 is 0 Å². The molecule has 0 bridgehead atoms. The highest BCUT2D eigenvalue weighted by Crippen LogP contribution is 2.26. The number of nitrogens with zero attached hydrogens (tertiary/aromatic N) is 1. The quantitative estimate of drug-likeness (QED) is 0.846. The van der Waals surface area contributed by atoms with Gasteiger partial charge in [0, 0.05) is 17.8 Å². The molecule has 0 atom stereocenters.